The normalized spacial score (nSPS) is 35.9. The van der Waals surface area contributed by atoms with E-state index in [9.17, 15) is 19.2 Å². The fraction of sp³-hybridized carbons (Fsp3) is 0.733. The third kappa shape index (κ3) is 10.8. The van der Waals surface area contributed by atoms with Crippen molar-refractivity contribution in [2.24, 2.45) is 17.8 Å². The number of nitrogens with zero attached hydrogens (tertiary/aromatic N) is 7. The Balaban J connectivity index is 1.31. The molecule has 4 aliphatic heterocycles. The standard InChI is InChI=1S/C45H67N7O11/c1-12-35-45(9)39(51(43(56)63-45)18-13-14-19-52-48-40(47-49-52)32-16-15-17-46-23-32)30(6)37(54)27(3)22-44(8)36(21-34(29(5)41(55)61-35)57-24-26(2)25-58-44)62-42-38(60-31(7)53)33(50(10)11)20-28(4)59-42/h15-17,23,27-30,33-36,38-39,42H,2,12-14,18-22,24-25H2,1,3-11H3/t27-,28-,29-,30+,33+,34-,35-,36-,38-,39?,42?,44+,45?/m1/s1. The topological polar surface area (TPSA) is 196 Å². The SMILES string of the molecule is C=C1CO[C@@H]2C[C@@H](OC3O[C@H](C)C[C@H](N(C)C)[C@H]3OC(C)=O)[C@](C)(C[C@@H](C)C(=O)[C@H](C)C3N(CCCCn4nnc(-c5cccnc5)n4)C(=O)OC3(C)[C@@H](CC)OC(=O)[C@@H]2C)OC1. The Bertz CT molecular complexity index is 1930. The third-order valence-corrected chi connectivity index (χ3v) is 13.2. The van der Waals surface area contributed by atoms with Crippen molar-refractivity contribution in [2.45, 2.75) is 161 Å². The number of hydrogen-bond donors (Lipinski definition) is 0. The highest BCUT2D eigenvalue weighted by molar-refractivity contribution is 5.85. The molecule has 3 unspecified atom stereocenters. The van der Waals surface area contributed by atoms with E-state index in [0.717, 1.165) is 5.56 Å². The molecule has 4 fully saturated rings. The number of esters is 2. The summed E-state index contributed by atoms with van der Waals surface area (Å²) >= 11 is 0. The van der Waals surface area contributed by atoms with Gasteiger partial charge in [-0.3, -0.25) is 19.4 Å². The van der Waals surface area contributed by atoms with E-state index < -0.39 is 83.7 Å². The second kappa shape index (κ2) is 20.2. The molecule has 2 aromatic rings. The number of unbranched alkanes of at least 4 members (excludes halogenated alkanes) is 1. The monoisotopic (exact) mass is 881 g/mol. The maximum Gasteiger partial charge on any atom is 0.410 e. The number of carbonyl (C=O) groups is 4. The lowest BCUT2D eigenvalue weighted by Crippen LogP contribution is -2.60. The minimum Gasteiger partial charge on any atom is -0.458 e. The Morgan fingerprint density at radius 2 is 1.79 bits per heavy atom. The average molecular weight is 882 g/mol. The summed E-state index contributed by atoms with van der Waals surface area (Å²) in [4.78, 5) is 65.1. The summed E-state index contributed by atoms with van der Waals surface area (Å²) in [6.07, 6.45) is 0.551. The van der Waals surface area contributed by atoms with Crippen molar-refractivity contribution in [1.29, 1.82) is 0 Å². The highest BCUT2D eigenvalue weighted by Crippen LogP contribution is 2.43. The van der Waals surface area contributed by atoms with Gasteiger partial charge >= 0.3 is 18.0 Å². The molecular formula is C45H67N7O11. The number of aromatic nitrogens is 5. The van der Waals surface area contributed by atoms with Crippen molar-refractivity contribution >= 4 is 23.8 Å². The number of cyclic esters (lactones) is 1. The molecule has 2 aromatic heterocycles. The first kappa shape index (κ1) is 48.1. The van der Waals surface area contributed by atoms with Crippen LogP contribution in [-0.4, -0.2) is 153 Å². The van der Waals surface area contributed by atoms with Gasteiger partial charge in [-0.05, 0) is 96.8 Å². The Morgan fingerprint density at radius 3 is 2.48 bits per heavy atom. The van der Waals surface area contributed by atoms with Crippen LogP contribution in [0.3, 0.4) is 0 Å². The minimum atomic E-state index is -1.38. The van der Waals surface area contributed by atoms with Crippen molar-refractivity contribution in [3.05, 3.63) is 36.7 Å². The van der Waals surface area contributed by atoms with Crippen LogP contribution in [0, 0.1) is 17.8 Å². The van der Waals surface area contributed by atoms with Crippen LogP contribution in [0.1, 0.15) is 93.9 Å². The smallest absolute Gasteiger partial charge is 0.410 e. The number of likely N-dealkylation sites (N-methyl/N-ethyl adjacent to an activating group) is 1. The van der Waals surface area contributed by atoms with Crippen molar-refractivity contribution in [2.75, 3.05) is 33.9 Å². The van der Waals surface area contributed by atoms with E-state index in [-0.39, 0.29) is 50.5 Å². The second-order valence-corrected chi connectivity index (χ2v) is 18.5. The summed E-state index contributed by atoms with van der Waals surface area (Å²) in [6, 6.07) is 2.65. The van der Waals surface area contributed by atoms with Gasteiger partial charge in [0, 0.05) is 49.7 Å². The molecule has 4 aliphatic rings. The second-order valence-electron chi connectivity index (χ2n) is 18.5. The van der Waals surface area contributed by atoms with E-state index in [1.807, 2.05) is 59.7 Å². The molecule has 0 spiro atoms. The highest BCUT2D eigenvalue weighted by Gasteiger charge is 2.60. The van der Waals surface area contributed by atoms with E-state index in [1.165, 1.54) is 11.7 Å². The van der Waals surface area contributed by atoms with Gasteiger partial charge in [-0.1, -0.05) is 27.4 Å². The summed E-state index contributed by atoms with van der Waals surface area (Å²) in [5.41, 5.74) is -1.17. The largest absolute Gasteiger partial charge is 0.458 e. The minimum absolute atomic E-state index is 0.0949. The van der Waals surface area contributed by atoms with Gasteiger partial charge in [0.05, 0.1) is 61.7 Å². The number of aryl methyl sites for hydroxylation is 1. The molecule has 6 heterocycles. The lowest BCUT2D eigenvalue weighted by molar-refractivity contribution is -0.296. The molecule has 18 nitrogen and oxygen atoms in total. The van der Waals surface area contributed by atoms with Crippen LogP contribution < -0.4 is 0 Å². The van der Waals surface area contributed by atoms with Gasteiger partial charge in [0.15, 0.2) is 18.0 Å². The first-order chi connectivity index (χ1) is 29.8. The predicted molar refractivity (Wildman–Crippen MR) is 228 cm³/mol. The number of carbonyl (C=O) groups excluding carboxylic acids is 4. The van der Waals surface area contributed by atoms with Crippen molar-refractivity contribution < 1.29 is 52.3 Å². The van der Waals surface area contributed by atoms with Crippen LogP contribution in [0.5, 0.6) is 0 Å². The molecule has 2 bridgehead atoms. The number of tetrazole rings is 1. The molecule has 1 amide bonds. The molecule has 0 aliphatic carbocycles. The quantitative estimate of drug-likeness (QED) is 0.129. The predicted octanol–water partition coefficient (Wildman–Crippen LogP) is 4.80. The Morgan fingerprint density at radius 1 is 1.05 bits per heavy atom. The van der Waals surface area contributed by atoms with E-state index in [0.29, 0.717) is 43.6 Å². The molecule has 18 heteroatoms. The van der Waals surface area contributed by atoms with Crippen LogP contribution in [-0.2, 0) is 54.1 Å². The fourth-order valence-corrected chi connectivity index (χ4v) is 9.80. The van der Waals surface area contributed by atoms with Gasteiger partial charge in [-0.2, -0.15) is 4.80 Å². The molecule has 348 valence electrons. The number of fused-ring (bicyclic) bond motifs is 4. The van der Waals surface area contributed by atoms with Gasteiger partial charge in [0.25, 0.3) is 0 Å². The summed E-state index contributed by atoms with van der Waals surface area (Å²) in [5.74, 6) is -2.91. The Labute approximate surface area is 370 Å². The summed E-state index contributed by atoms with van der Waals surface area (Å²) in [6.45, 7) is 19.3. The number of Topliss-reactive ketones (excluding diaryl/α,β-unsaturated/α-hetero) is 1. The molecule has 0 aromatic carbocycles. The van der Waals surface area contributed by atoms with Gasteiger partial charge in [0.1, 0.15) is 11.9 Å². The molecule has 6 rings (SSSR count). The van der Waals surface area contributed by atoms with Crippen LogP contribution in [0.15, 0.2) is 36.7 Å². The average Bonchev–Trinajstić information content (AvgIpc) is 3.83. The lowest BCUT2D eigenvalue weighted by Gasteiger charge is -2.47. The Hall–Kier alpha value is -4.36. The Kier molecular flexibility index (Phi) is 15.4. The molecule has 4 saturated heterocycles. The van der Waals surface area contributed by atoms with Crippen molar-refractivity contribution in [3.63, 3.8) is 0 Å². The maximum atomic E-state index is 15.0. The number of amides is 1. The summed E-state index contributed by atoms with van der Waals surface area (Å²) in [5, 5.41) is 12.8. The number of hydrogen-bond acceptors (Lipinski definition) is 16. The van der Waals surface area contributed by atoms with E-state index in [2.05, 4.69) is 27.0 Å². The lowest BCUT2D eigenvalue weighted by atomic mass is 9.74. The summed E-state index contributed by atoms with van der Waals surface area (Å²) in [7, 11) is 3.83. The van der Waals surface area contributed by atoms with Gasteiger partial charge in [-0.15, -0.1) is 10.2 Å². The summed E-state index contributed by atoms with van der Waals surface area (Å²) < 4.78 is 45.1. The van der Waals surface area contributed by atoms with Gasteiger partial charge < -0.3 is 43.0 Å². The zero-order chi connectivity index (χ0) is 45.8. The molecular weight excluding hydrogens is 815 g/mol. The number of pyridine rings is 1. The van der Waals surface area contributed by atoms with Crippen LogP contribution in [0.2, 0.25) is 0 Å². The molecule has 13 atom stereocenters. The van der Waals surface area contributed by atoms with E-state index >= 15 is 0 Å². The first-order valence-corrected chi connectivity index (χ1v) is 22.3. The highest BCUT2D eigenvalue weighted by atomic mass is 16.7. The van der Waals surface area contributed by atoms with Crippen molar-refractivity contribution in [1.82, 2.24) is 35.0 Å². The van der Waals surface area contributed by atoms with E-state index in [4.69, 9.17) is 33.2 Å². The van der Waals surface area contributed by atoms with Gasteiger partial charge in [-0.25, -0.2) is 4.79 Å². The van der Waals surface area contributed by atoms with Crippen LogP contribution in [0.4, 0.5) is 4.79 Å². The van der Waals surface area contributed by atoms with Crippen molar-refractivity contribution in [3.8, 4) is 11.4 Å². The molecule has 63 heavy (non-hydrogen) atoms. The first-order valence-electron chi connectivity index (χ1n) is 22.3. The zero-order valence-corrected chi connectivity index (χ0v) is 38.6. The number of ether oxygens (including phenoxy) is 7. The molecule has 0 N–H and O–H groups in total. The fourth-order valence-electron chi connectivity index (χ4n) is 9.80. The maximum absolute atomic E-state index is 15.0. The number of rotatable bonds is 11. The van der Waals surface area contributed by atoms with Crippen LogP contribution >= 0.6 is 0 Å². The van der Waals surface area contributed by atoms with Gasteiger partial charge in [0.2, 0.25) is 5.82 Å². The molecule has 0 radical (unpaired) electrons. The molecule has 0 saturated carbocycles. The van der Waals surface area contributed by atoms with E-state index in [1.54, 1.807) is 37.2 Å². The third-order valence-electron chi connectivity index (χ3n) is 13.2. The van der Waals surface area contributed by atoms with Crippen LogP contribution in [0.25, 0.3) is 11.4 Å². The zero-order valence-electron chi connectivity index (χ0n) is 38.6. The number of ketones is 1.